The van der Waals surface area contributed by atoms with Crippen molar-refractivity contribution in [3.63, 3.8) is 0 Å². The van der Waals surface area contributed by atoms with Gasteiger partial charge in [-0.15, -0.1) is 0 Å². The van der Waals surface area contributed by atoms with Gasteiger partial charge in [0.25, 0.3) is 0 Å². The molecule has 0 atom stereocenters. The molecular weight excluding hydrogens is 602 g/mol. The number of ether oxygens (including phenoxy) is 3. The van der Waals surface area contributed by atoms with Crippen LogP contribution in [0.2, 0.25) is 0 Å². The molecule has 276 valence electrons. The number of allylic oxidation sites excluding steroid dienone is 8. The van der Waals surface area contributed by atoms with Gasteiger partial charge in [0.05, 0.1) is 14.2 Å². The number of nitrogens with zero attached hydrogens (tertiary/aromatic N) is 1. The highest BCUT2D eigenvalue weighted by Gasteiger charge is 2.14. The Kier molecular flexibility index (Phi) is 33.7. The van der Waals surface area contributed by atoms with E-state index in [0.717, 1.165) is 77.2 Å². The summed E-state index contributed by atoms with van der Waals surface area (Å²) < 4.78 is 15.2. The van der Waals surface area contributed by atoms with E-state index in [0.29, 0.717) is 19.3 Å². The summed E-state index contributed by atoms with van der Waals surface area (Å²) >= 11 is 0. The third-order valence-corrected chi connectivity index (χ3v) is 8.27. The van der Waals surface area contributed by atoms with E-state index < -0.39 is 0 Å². The zero-order chi connectivity index (χ0) is 35.3. The van der Waals surface area contributed by atoms with E-state index in [-0.39, 0.29) is 24.0 Å². The number of rotatable bonds is 33. The first-order valence-electron chi connectivity index (χ1n) is 19.0. The molecule has 48 heavy (non-hydrogen) atoms. The molecular formula is C41H71NO6. The van der Waals surface area contributed by atoms with Crippen molar-refractivity contribution in [3.05, 3.63) is 48.6 Å². The van der Waals surface area contributed by atoms with Crippen molar-refractivity contribution in [3.8, 4) is 0 Å². The van der Waals surface area contributed by atoms with Crippen LogP contribution in [0.15, 0.2) is 48.6 Å². The average molecular weight is 674 g/mol. The van der Waals surface area contributed by atoms with Crippen LogP contribution in [0.5, 0.6) is 0 Å². The van der Waals surface area contributed by atoms with Crippen LogP contribution in [-0.4, -0.2) is 63.8 Å². The van der Waals surface area contributed by atoms with Crippen LogP contribution in [0, 0.1) is 0 Å². The Morgan fingerprint density at radius 2 is 0.875 bits per heavy atom. The normalized spacial score (nSPS) is 12.6. The molecule has 0 heterocycles. The summed E-state index contributed by atoms with van der Waals surface area (Å²) in [5, 5.41) is 0. The van der Waals surface area contributed by atoms with Crippen molar-refractivity contribution >= 4 is 17.9 Å². The van der Waals surface area contributed by atoms with E-state index >= 15 is 0 Å². The fourth-order valence-electron chi connectivity index (χ4n) is 5.35. The molecule has 0 spiro atoms. The Balaban J connectivity index is 4.05. The lowest BCUT2D eigenvalue weighted by molar-refractivity contribution is -0.150. The first-order chi connectivity index (χ1) is 23.4. The minimum Gasteiger partial charge on any atom is -0.469 e. The molecule has 0 radical (unpaired) electrons. The lowest BCUT2D eigenvalue weighted by Crippen LogP contribution is -2.20. The number of hydrogen-bond acceptors (Lipinski definition) is 7. The van der Waals surface area contributed by atoms with Gasteiger partial charge in [-0.2, -0.15) is 0 Å². The van der Waals surface area contributed by atoms with Crippen LogP contribution in [0.4, 0.5) is 0 Å². The van der Waals surface area contributed by atoms with Gasteiger partial charge >= 0.3 is 17.9 Å². The third-order valence-electron chi connectivity index (χ3n) is 8.27. The summed E-state index contributed by atoms with van der Waals surface area (Å²) in [7, 11) is 6.93. The predicted octanol–water partition coefficient (Wildman–Crippen LogP) is 10.4. The van der Waals surface area contributed by atoms with Gasteiger partial charge in [0.15, 0.2) is 0 Å². The Hall–Kier alpha value is -2.67. The number of methoxy groups -OCH3 is 2. The molecule has 0 aliphatic rings. The second-order valence-electron chi connectivity index (χ2n) is 13.0. The molecule has 0 N–H and O–H groups in total. The van der Waals surface area contributed by atoms with Crippen molar-refractivity contribution in [2.75, 3.05) is 34.9 Å². The molecule has 0 saturated heterocycles. The average Bonchev–Trinajstić information content (AvgIpc) is 3.07. The molecule has 0 aromatic carbocycles. The van der Waals surface area contributed by atoms with Crippen LogP contribution in [0.25, 0.3) is 0 Å². The fourth-order valence-corrected chi connectivity index (χ4v) is 5.35. The molecule has 0 unspecified atom stereocenters. The maximum atomic E-state index is 12.5. The molecule has 0 aliphatic carbocycles. The second-order valence-corrected chi connectivity index (χ2v) is 13.0. The van der Waals surface area contributed by atoms with Crippen molar-refractivity contribution in [2.24, 2.45) is 0 Å². The minimum absolute atomic E-state index is 0.0312. The van der Waals surface area contributed by atoms with Gasteiger partial charge in [-0.25, -0.2) is 0 Å². The van der Waals surface area contributed by atoms with Crippen LogP contribution >= 0.6 is 0 Å². The molecule has 0 saturated carbocycles. The molecule has 7 nitrogen and oxygen atoms in total. The van der Waals surface area contributed by atoms with Crippen molar-refractivity contribution in [1.82, 2.24) is 4.90 Å². The number of unbranched alkanes of at least 4 members (excludes halogenated alkanes) is 12. The number of carbonyl (C=O) groups is 3. The molecule has 0 aliphatic heterocycles. The quantitative estimate of drug-likeness (QED) is 0.0297. The highest BCUT2D eigenvalue weighted by Crippen LogP contribution is 2.18. The Labute approximate surface area is 294 Å². The third kappa shape index (κ3) is 34.7. The molecule has 0 fully saturated rings. The van der Waals surface area contributed by atoms with Gasteiger partial charge in [0.2, 0.25) is 0 Å². The van der Waals surface area contributed by atoms with E-state index in [1.165, 1.54) is 78.4 Å². The van der Waals surface area contributed by atoms with Crippen molar-refractivity contribution < 1.29 is 28.6 Å². The summed E-state index contributed by atoms with van der Waals surface area (Å²) in [5.74, 6) is -0.345. The van der Waals surface area contributed by atoms with Crippen molar-refractivity contribution in [2.45, 2.75) is 160 Å². The van der Waals surface area contributed by atoms with Gasteiger partial charge in [-0.1, -0.05) is 100.0 Å². The van der Waals surface area contributed by atoms with Crippen LogP contribution < -0.4 is 0 Å². The van der Waals surface area contributed by atoms with Crippen LogP contribution in [0.3, 0.4) is 0 Å². The summed E-state index contributed by atoms with van der Waals surface area (Å²) in [6.07, 6.45) is 41.8. The zero-order valence-electron chi connectivity index (χ0n) is 31.3. The Morgan fingerprint density at radius 1 is 0.479 bits per heavy atom. The van der Waals surface area contributed by atoms with Gasteiger partial charge < -0.3 is 19.1 Å². The lowest BCUT2D eigenvalue weighted by Gasteiger charge is -2.18. The molecule has 0 aromatic heterocycles. The first-order valence-corrected chi connectivity index (χ1v) is 19.0. The molecule has 7 heteroatoms. The Bertz CT molecular complexity index is 833. The summed E-state index contributed by atoms with van der Waals surface area (Å²) in [4.78, 5) is 36.8. The van der Waals surface area contributed by atoms with Crippen LogP contribution in [0.1, 0.15) is 154 Å². The predicted molar refractivity (Wildman–Crippen MR) is 200 cm³/mol. The number of carbonyl (C=O) groups excluding carboxylic acids is 3. The first kappa shape index (κ1) is 45.3. The SMILES string of the molecule is COC(=O)CCC=CCC=CCCCCCCCCC(CCCCCCCCC=CCC=CCCC(=O)OC)OC(=O)CCCN(C)C. The van der Waals surface area contributed by atoms with Gasteiger partial charge in [-0.3, -0.25) is 14.4 Å². The fraction of sp³-hybridized carbons (Fsp3) is 0.732. The largest absolute Gasteiger partial charge is 0.469 e. The summed E-state index contributed by atoms with van der Waals surface area (Å²) in [6.45, 7) is 0.913. The summed E-state index contributed by atoms with van der Waals surface area (Å²) in [6, 6.07) is 0. The van der Waals surface area contributed by atoms with Gasteiger partial charge in [-0.05, 0) is 104 Å². The molecule has 0 amide bonds. The van der Waals surface area contributed by atoms with Gasteiger partial charge in [0, 0.05) is 19.3 Å². The molecule has 0 bridgehead atoms. The maximum Gasteiger partial charge on any atom is 0.306 e. The molecule has 0 rings (SSSR count). The monoisotopic (exact) mass is 674 g/mol. The van der Waals surface area contributed by atoms with E-state index in [2.05, 4.69) is 50.8 Å². The maximum absolute atomic E-state index is 12.5. The highest BCUT2D eigenvalue weighted by molar-refractivity contribution is 5.70. The zero-order valence-corrected chi connectivity index (χ0v) is 31.3. The molecule has 0 aromatic rings. The smallest absolute Gasteiger partial charge is 0.306 e. The Morgan fingerprint density at radius 3 is 1.29 bits per heavy atom. The van der Waals surface area contributed by atoms with Crippen molar-refractivity contribution in [1.29, 1.82) is 0 Å². The number of esters is 3. The standard InChI is InChI=1S/C41H71NO6/c1-42(2)37-31-36-41(45)48-38(32-27-23-19-15-11-7-5-9-13-17-21-25-29-34-39(43)46-3)33-28-24-20-16-12-8-6-10-14-18-22-26-30-35-40(44)47-4/h9-10,13-14,21-22,25-26,38H,5-8,11-12,15-20,23-24,27-37H2,1-4H3. The highest BCUT2D eigenvalue weighted by atomic mass is 16.5. The van der Waals surface area contributed by atoms with E-state index in [1.807, 2.05) is 26.2 Å². The lowest BCUT2D eigenvalue weighted by atomic mass is 10.0. The van der Waals surface area contributed by atoms with E-state index in [4.69, 9.17) is 4.74 Å². The van der Waals surface area contributed by atoms with Gasteiger partial charge in [0.1, 0.15) is 6.10 Å². The number of hydrogen-bond donors (Lipinski definition) is 0. The topological polar surface area (TPSA) is 82.1 Å². The summed E-state index contributed by atoms with van der Waals surface area (Å²) in [5.41, 5.74) is 0. The van der Waals surface area contributed by atoms with E-state index in [1.54, 1.807) is 0 Å². The van der Waals surface area contributed by atoms with E-state index in [9.17, 15) is 14.4 Å². The minimum atomic E-state index is -0.157. The second kappa shape index (κ2) is 35.6. The van der Waals surface area contributed by atoms with Crippen LogP contribution in [-0.2, 0) is 28.6 Å².